The van der Waals surface area contributed by atoms with Crippen molar-refractivity contribution < 1.29 is 0 Å². The molecule has 0 saturated carbocycles. The molecule has 5 unspecified atom stereocenters. The average molecular weight is 615 g/mol. The Labute approximate surface area is 281 Å². The molecule has 0 aromatic heterocycles. The molecule has 0 radical (unpaired) electrons. The fraction of sp³-hybridized carbons (Fsp3) is 0.909. The fourth-order valence-corrected chi connectivity index (χ4v) is 7.55. The van der Waals surface area contributed by atoms with Crippen molar-refractivity contribution in [3.63, 3.8) is 0 Å². The lowest BCUT2D eigenvalue weighted by atomic mass is 9.84. The predicted molar refractivity (Wildman–Crippen MR) is 205 cm³/mol. The van der Waals surface area contributed by atoms with Gasteiger partial charge in [0.2, 0.25) is 0 Å². The Kier molecular flexibility index (Phi) is 33.4. The van der Waals surface area contributed by atoms with Gasteiger partial charge in [-0.15, -0.1) is 13.2 Å². The third-order valence-electron chi connectivity index (χ3n) is 10.7. The molecule has 0 fully saturated rings. The molecule has 0 nitrogen and oxygen atoms in total. The van der Waals surface area contributed by atoms with Crippen molar-refractivity contribution in [2.75, 3.05) is 0 Å². The smallest absolute Gasteiger partial charge is 0.0328 e. The summed E-state index contributed by atoms with van der Waals surface area (Å²) < 4.78 is 0. The number of rotatable bonds is 36. The first kappa shape index (κ1) is 43.5. The fourth-order valence-electron chi connectivity index (χ4n) is 7.55. The highest BCUT2D eigenvalue weighted by Gasteiger charge is 2.14. The zero-order valence-corrected chi connectivity index (χ0v) is 31.7. The van der Waals surface area contributed by atoms with Crippen molar-refractivity contribution in [1.29, 1.82) is 0 Å². The lowest BCUT2D eigenvalue weighted by molar-refractivity contribution is 0.308. The summed E-state index contributed by atoms with van der Waals surface area (Å²) in [7, 11) is 0. The third kappa shape index (κ3) is 31.5. The van der Waals surface area contributed by atoms with E-state index in [1.54, 1.807) is 0 Å². The van der Waals surface area contributed by atoms with Gasteiger partial charge in [0, 0.05) is 0 Å². The van der Waals surface area contributed by atoms with E-state index in [0.717, 1.165) is 29.6 Å². The predicted octanol–water partition coefficient (Wildman–Crippen LogP) is 16.2. The third-order valence-corrected chi connectivity index (χ3v) is 10.7. The summed E-state index contributed by atoms with van der Waals surface area (Å²) in [6.45, 7) is 20.1. The van der Waals surface area contributed by atoms with Crippen molar-refractivity contribution in [2.24, 2.45) is 29.6 Å². The molecule has 0 aliphatic carbocycles. The maximum absolute atomic E-state index is 3.94. The Morgan fingerprint density at radius 2 is 0.773 bits per heavy atom. The van der Waals surface area contributed by atoms with Crippen LogP contribution in [0, 0.1) is 29.6 Å². The molecule has 0 aromatic carbocycles. The molecule has 262 valence electrons. The van der Waals surface area contributed by atoms with Crippen LogP contribution < -0.4 is 0 Å². The summed E-state index contributed by atoms with van der Waals surface area (Å²) in [4.78, 5) is 0. The first-order valence-corrected chi connectivity index (χ1v) is 20.6. The van der Waals surface area contributed by atoms with Crippen molar-refractivity contribution in [3.8, 4) is 0 Å². The Hall–Kier alpha value is -0.520. The summed E-state index contributed by atoms with van der Waals surface area (Å²) in [5.41, 5.74) is 0. The Balaban J connectivity index is 4.00. The van der Waals surface area contributed by atoms with Crippen LogP contribution in [0.25, 0.3) is 0 Å². The van der Waals surface area contributed by atoms with E-state index in [-0.39, 0.29) is 0 Å². The lowest BCUT2D eigenvalue weighted by Gasteiger charge is -2.22. The van der Waals surface area contributed by atoms with Crippen LogP contribution in [0.15, 0.2) is 25.3 Å². The number of allylic oxidation sites excluding steroid dienone is 2. The van der Waals surface area contributed by atoms with E-state index < -0.39 is 0 Å². The summed E-state index contributed by atoms with van der Waals surface area (Å²) in [6, 6.07) is 0. The Bertz CT molecular complexity index is 575. The minimum absolute atomic E-state index is 0.823. The molecule has 0 heteroatoms. The van der Waals surface area contributed by atoms with E-state index >= 15 is 0 Å². The summed E-state index contributed by atoms with van der Waals surface area (Å²) in [5, 5.41) is 0. The van der Waals surface area contributed by atoms with Crippen LogP contribution in [0.1, 0.15) is 227 Å². The normalized spacial score (nSPS) is 15.1. The monoisotopic (exact) mass is 615 g/mol. The second-order valence-electron chi connectivity index (χ2n) is 15.8. The van der Waals surface area contributed by atoms with E-state index in [4.69, 9.17) is 0 Å². The van der Waals surface area contributed by atoms with Crippen LogP contribution in [0.4, 0.5) is 0 Å². The Morgan fingerprint density at radius 1 is 0.386 bits per heavy atom. The van der Waals surface area contributed by atoms with Gasteiger partial charge in [0.15, 0.2) is 0 Å². The van der Waals surface area contributed by atoms with Gasteiger partial charge in [-0.1, -0.05) is 214 Å². The average Bonchev–Trinajstić information content (AvgIpc) is 2.99. The number of hydrogen-bond donors (Lipinski definition) is 0. The van der Waals surface area contributed by atoms with E-state index in [2.05, 4.69) is 59.9 Å². The molecule has 0 aliphatic heterocycles. The number of unbranched alkanes of at least 4 members (excludes halogenated alkanes) is 15. The SMILES string of the molecule is C=CCCCCC(CCCCCCCCCCCCCCC)CC(C)CCCC(C)CCCC(C)CCCCC(C)CC=C. The molecule has 0 spiro atoms. The molecule has 0 bridgehead atoms. The van der Waals surface area contributed by atoms with Crippen molar-refractivity contribution in [1.82, 2.24) is 0 Å². The van der Waals surface area contributed by atoms with Gasteiger partial charge in [0.1, 0.15) is 0 Å². The molecule has 0 N–H and O–H groups in total. The van der Waals surface area contributed by atoms with Crippen molar-refractivity contribution >= 4 is 0 Å². The first-order chi connectivity index (χ1) is 21.4. The molecule has 0 aliphatic rings. The zero-order valence-electron chi connectivity index (χ0n) is 31.7. The molecule has 5 atom stereocenters. The molecule has 0 aromatic rings. The van der Waals surface area contributed by atoms with Gasteiger partial charge in [0.25, 0.3) is 0 Å². The van der Waals surface area contributed by atoms with Crippen LogP contribution in [-0.4, -0.2) is 0 Å². The molecule has 0 rings (SSSR count). The minimum Gasteiger partial charge on any atom is -0.103 e. The van der Waals surface area contributed by atoms with Gasteiger partial charge in [-0.25, -0.2) is 0 Å². The second-order valence-corrected chi connectivity index (χ2v) is 15.8. The van der Waals surface area contributed by atoms with Crippen LogP contribution in [0.5, 0.6) is 0 Å². The van der Waals surface area contributed by atoms with E-state index in [1.807, 2.05) is 0 Å². The molecule has 0 amide bonds. The van der Waals surface area contributed by atoms with Gasteiger partial charge in [-0.05, 0) is 55.3 Å². The minimum atomic E-state index is 0.823. The topological polar surface area (TPSA) is 0 Å². The molecular formula is C44H86. The van der Waals surface area contributed by atoms with Gasteiger partial charge in [0.05, 0.1) is 0 Å². The molecule has 0 heterocycles. The van der Waals surface area contributed by atoms with E-state index in [1.165, 1.54) is 193 Å². The van der Waals surface area contributed by atoms with Crippen LogP contribution >= 0.6 is 0 Å². The zero-order chi connectivity index (χ0) is 32.5. The first-order valence-electron chi connectivity index (χ1n) is 20.6. The number of hydrogen-bond acceptors (Lipinski definition) is 0. The maximum Gasteiger partial charge on any atom is -0.0328 e. The Morgan fingerprint density at radius 3 is 1.25 bits per heavy atom. The summed E-state index contributed by atoms with van der Waals surface area (Å²) in [5.74, 6) is 4.52. The highest BCUT2D eigenvalue weighted by atomic mass is 14.2. The summed E-state index contributed by atoms with van der Waals surface area (Å²) in [6.07, 6.45) is 47.1. The molecule has 44 heavy (non-hydrogen) atoms. The van der Waals surface area contributed by atoms with Crippen LogP contribution in [-0.2, 0) is 0 Å². The standard InChI is InChI=1S/C44H86/c1-8-11-13-15-16-17-18-19-20-21-22-23-25-38-44(37-24-14-12-9-2)39-43(7)36-29-35-42(6)34-28-33-41(5)32-27-26-31-40(4)30-10-3/h9-10,40-44H,2-3,8,11-39H2,1,4-7H3. The molecular weight excluding hydrogens is 528 g/mol. The van der Waals surface area contributed by atoms with Gasteiger partial charge >= 0.3 is 0 Å². The van der Waals surface area contributed by atoms with Crippen LogP contribution in [0.2, 0.25) is 0 Å². The highest BCUT2D eigenvalue weighted by Crippen LogP contribution is 2.29. The quantitative estimate of drug-likeness (QED) is 0.0486. The lowest BCUT2D eigenvalue weighted by Crippen LogP contribution is -2.08. The van der Waals surface area contributed by atoms with Gasteiger partial charge < -0.3 is 0 Å². The van der Waals surface area contributed by atoms with Gasteiger partial charge in [-0.3, -0.25) is 0 Å². The maximum atomic E-state index is 3.94. The van der Waals surface area contributed by atoms with Gasteiger partial charge in [-0.2, -0.15) is 0 Å². The van der Waals surface area contributed by atoms with E-state index in [0.29, 0.717) is 0 Å². The largest absolute Gasteiger partial charge is 0.103 e. The summed E-state index contributed by atoms with van der Waals surface area (Å²) >= 11 is 0. The van der Waals surface area contributed by atoms with E-state index in [9.17, 15) is 0 Å². The highest BCUT2D eigenvalue weighted by molar-refractivity contribution is 4.71. The molecule has 0 saturated heterocycles. The van der Waals surface area contributed by atoms with Crippen LogP contribution in [0.3, 0.4) is 0 Å². The van der Waals surface area contributed by atoms with Crippen molar-refractivity contribution in [3.05, 3.63) is 25.3 Å². The van der Waals surface area contributed by atoms with Crippen molar-refractivity contribution in [2.45, 2.75) is 227 Å². The second kappa shape index (κ2) is 33.8.